The van der Waals surface area contributed by atoms with Crippen LogP contribution in [0.2, 0.25) is 0 Å². The van der Waals surface area contributed by atoms with E-state index >= 15 is 0 Å². The highest BCUT2D eigenvalue weighted by atomic mass is 35.5. The van der Waals surface area contributed by atoms with Gasteiger partial charge in [0, 0.05) is 24.1 Å². The highest BCUT2D eigenvalue weighted by Gasteiger charge is 2.36. The molecular weight excluding hydrogens is 270 g/mol. The smallest absolute Gasteiger partial charge is 0.122 e. The van der Waals surface area contributed by atoms with E-state index in [1.165, 1.54) is 30.4 Å². The van der Waals surface area contributed by atoms with Gasteiger partial charge >= 0.3 is 0 Å². The molecule has 0 saturated carbocycles. The molecule has 0 bridgehead atoms. The van der Waals surface area contributed by atoms with Gasteiger partial charge < -0.3 is 10.1 Å². The molecule has 1 aliphatic carbocycles. The van der Waals surface area contributed by atoms with Crippen LogP contribution in [0.1, 0.15) is 36.8 Å². The van der Waals surface area contributed by atoms with Crippen molar-refractivity contribution >= 4 is 12.4 Å². The molecule has 0 radical (unpaired) electrons. The number of halogens is 1. The lowest BCUT2D eigenvalue weighted by Gasteiger charge is -2.41. The molecular formula is C17H24ClNO. The minimum absolute atomic E-state index is 0. The summed E-state index contributed by atoms with van der Waals surface area (Å²) >= 11 is 0. The van der Waals surface area contributed by atoms with Crippen LogP contribution in [0, 0.1) is 5.92 Å². The molecule has 110 valence electrons. The number of hydrogen-bond donors (Lipinski definition) is 1. The number of nitrogens with one attached hydrogen (secondary N) is 1. The maximum Gasteiger partial charge on any atom is 0.122 e. The monoisotopic (exact) mass is 293 g/mol. The third-order valence-electron chi connectivity index (χ3n) is 4.62. The lowest BCUT2D eigenvalue weighted by molar-refractivity contribution is 0.273. The van der Waals surface area contributed by atoms with Gasteiger partial charge in [0.05, 0.1) is 7.11 Å². The molecule has 0 amide bonds. The maximum atomic E-state index is 5.61. The van der Waals surface area contributed by atoms with E-state index in [1.54, 1.807) is 7.11 Å². The van der Waals surface area contributed by atoms with Gasteiger partial charge in [0.2, 0.25) is 0 Å². The zero-order chi connectivity index (χ0) is 13.2. The average molecular weight is 294 g/mol. The molecule has 3 unspecified atom stereocenters. The first-order valence-corrected chi connectivity index (χ1v) is 7.35. The fourth-order valence-corrected chi connectivity index (χ4v) is 3.78. The van der Waals surface area contributed by atoms with E-state index in [4.69, 9.17) is 4.74 Å². The number of hydrogen-bond acceptors (Lipinski definition) is 2. The first-order valence-electron chi connectivity index (χ1n) is 7.35. The van der Waals surface area contributed by atoms with Crippen LogP contribution in [0.15, 0.2) is 30.4 Å². The van der Waals surface area contributed by atoms with Crippen LogP contribution in [0.3, 0.4) is 0 Å². The third-order valence-corrected chi connectivity index (χ3v) is 4.62. The number of allylic oxidation sites excluding steroid dienone is 1. The quantitative estimate of drug-likeness (QED) is 0.840. The first kappa shape index (κ1) is 15.4. The summed E-state index contributed by atoms with van der Waals surface area (Å²) in [7, 11) is 1.79. The molecule has 0 spiro atoms. The van der Waals surface area contributed by atoms with Crippen molar-refractivity contribution in [2.24, 2.45) is 5.92 Å². The largest absolute Gasteiger partial charge is 0.496 e. The van der Waals surface area contributed by atoms with E-state index in [0.717, 1.165) is 12.3 Å². The zero-order valence-corrected chi connectivity index (χ0v) is 13.1. The minimum atomic E-state index is 0. The molecule has 3 rings (SSSR count). The van der Waals surface area contributed by atoms with Crippen LogP contribution in [-0.2, 0) is 6.42 Å². The number of benzene rings is 1. The maximum absolute atomic E-state index is 5.61. The fourth-order valence-electron chi connectivity index (χ4n) is 3.78. The van der Waals surface area contributed by atoms with Crippen LogP contribution in [0.25, 0.3) is 0 Å². The van der Waals surface area contributed by atoms with Gasteiger partial charge in [0.15, 0.2) is 0 Å². The Bertz CT molecular complexity index is 472. The molecule has 1 aromatic carbocycles. The fraction of sp³-hybridized carbons (Fsp3) is 0.529. The van der Waals surface area contributed by atoms with Gasteiger partial charge in [-0.3, -0.25) is 0 Å². The average Bonchev–Trinajstić information content (AvgIpc) is 2.46. The standard InChI is InChI=1S/C17H23NO.ClH/c1-3-5-12-10-14-15(18-11-12)9-8-13-6-4-7-16(19-2)17(13)14;/h3-7,12,14-15,18H,8-11H2,1-2H3;1H/b5-3-;. The first-order chi connectivity index (χ1) is 9.33. The third kappa shape index (κ3) is 2.72. The summed E-state index contributed by atoms with van der Waals surface area (Å²) in [5, 5.41) is 3.74. The summed E-state index contributed by atoms with van der Waals surface area (Å²) < 4.78 is 5.61. The molecule has 20 heavy (non-hydrogen) atoms. The van der Waals surface area contributed by atoms with Crippen molar-refractivity contribution < 1.29 is 4.74 Å². The van der Waals surface area contributed by atoms with Gasteiger partial charge in [0.25, 0.3) is 0 Å². The number of methoxy groups -OCH3 is 1. The van der Waals surface area contributed by atoms with E-state index in [-0.39, 0.29) is 12.4 Å². The van der Waals surface area contributed by atoms with Crippen molar-refractivity contribution in [2.45, 2.75) is 38.1 Å². The summed E-state index contributed by atoms with van der Waals surface area (Å²) in [5.41, 5.74) is 2.95. The predicted molar refractivity (Wildman–Crippen MR) is 86.0 cm³/mol. The topological polar surface area (TPSA) is 21.3 Å². The van der Waals surface area contributed by atoms with Crippen molar-refractivity contribution in [1.29, 1.82) is 0 Å². The molecule has 2 nitrogen and oxygen atoms in total. The summed E-state index contributed by atoms with van der Waals surface area (Å²) in [6, 6.07) is 7.14. The predicted octanol–water partition coefficient (Wildman–Crippen LogP) is 3.70. The van der Waals surface area contributed by atoms with E-state index in [9.17, 15) is 0 Å². The molecule has 1 N–H and O–H groups in total. The van der Waals surface area contributed by atoms with Crippen LogP contribution >= 0.6 is 12.4 Å². The molecule has 0 aromatic heterocycles. The summed E-state index contributed by atoms with van der Waals surface area (Å²) in [5.74, 6) is 2.34. The van der Waals surface area contributed by atoms with Gasteiger partial charge in [-0.2, -0.15) is 0 Å². The Kier molecular flexibility index (Phi) is 5.11. The molecule has 3 atom stereocenters. The molecule has 1 aliphatic heterocycles. The van der Waals surface area contributed by atoms with E-state index in [1.807, 2.05) is 0 Å². The Morgan fingerprint density at radius 2 is 2.20 bits per heavy atom. The lowest BCUT2D eigenvalue weighted by Crippen LogP contribution is -2.46. The van der Waals surface area contributed by atoms with Crippen LogP contribution in [0.4, 0.5) is 0 Å². The van der Waals surface area contributed by atoms with Gasteiger partial charge in [-0.15, -0.1) is 12.4 Å². The van der Waals surface area contributed by atoms with E-state index in [2.05, 4.69) is 42.6 Å². The second-order valence-corrected chi connectivity index (χ2v) is 5.71. The number of fused-ring (bicyclic) bond motifs is 3. The molecule has 1 fully saturated rings. The van der Waals surface area contributed by atoms with Gasteiger partial charge in [-0.25, -0.2) is 0 Å². The molecule has 1 saturated heterocycles. The highest BCUT2D eigenvalue weighted by molar-refractivity contribution is 5.85. The molecule has 2 aliphatic rings. The number of rotatable bonds is 2. The van der Waals surface area contributed by atoms with Crippen molar-refractivity contribution in [3.05, 3.63) is 41.5 Å². The Morgan fingerprint density at radius 1 is 1.35 bits per heavy atom. The van der Waals surface area contributed by atoms with Crippen LogP contribution in [-0.4, -0.2) is 19.7 Å². The zero-order valence-electron chi connectivity index (χ0n) is 12.3. The summed E-state index contributed by atoms with van der Waals surface area (Å²) in [4.78, 5) is 0. The van der Waals surface area contributed by atoms with Gasteiger partial charge in [0.1, 0.15) is 5.75 Å². The van der Waals surface area contributed by atoms with Gasteiger partial charge in [-0.05, 0) is 43.7 Å². The number of ether oxygens (including phenoxy) is 1. The summed E-state index contributed by atoms with van der Waals surface area (Å²) in [6.45, 7) is 3.23. The molecule has 1 heterocycles. The summed E-state index contributed by atoms with van der Waals surface area (Å²) in [6.07, 6.45) is 8.20. The molecule has 1 aromatic rings. The normalized spacial score (nSPS) is 28.4. The minimum Gasteiger partial charge on any atom is -0.496 e. The van der Waals surface area contributed by atoms with Crippen molar-refractivity contribution in [2.75, 3.05) is 13.7 Å². The second-order valence-electron chi connectivity index (χ2n) is 5.71. The Labute approximate surface area is 128 Å². The Hall–Kier alpha value is -0.990. The number of piperidine rings is 1. The SMILES string of the molecule is C/C=C\C1CNC2CCc3cccc(OC)c3C2C1.Cl. The van der Waals surface area contributed by atoms with E-state index in [0.29, 0.717) is 17.9 Å². The Balaban J connectivity index is 0.00000147. The van der Waals surface area contributed by atoms with Crippen molar-refractivity contribution in [3.63, 3.8) is 0 Å². The van der Waals surface area contributed by atoms with E-state index < -0.39 is 0 Å². The number of aryl methyl sites for hydroxylation is 1. The van der Waals surface area contributed by atoms with Crippen molar-refractivity contribution in [1.82, 2.24) is 5.32 Å². The Morgan fingerprint density at radius 3 is 2.95 bits per heavy atom. The van der Waals surface area contributed by atoms with Gasteiger partial charge in [-0.1, -0.05) is 24.3 Å². The van der Waals surface area contributed by atoms with Crippen LogP contribution < -0.4 is 10.1 Å². The van der Waals surface area contributed by atoms with Crippen LogP contribution in [0.5, 0.6) is 5.75 Å². The second kappa shape index (κ2) is 6.64. The molecule has 3 heteroatoms. The van der Waals surface area contributed by atoms with Crippen molar-refractivity contribution in [3.8, 4) is 5.75 Å². The highest BCUT2D eigenvalue weighted by Crippen LogP contribution is 2.43. The lowest BCUT2D eigenvalue weighted by atomic mass is 9.72.